The van der Waals surface area contributed by atoms with E-state index in [1.54, 1.807) is 0 Å². The molecule has 0 saturated carbocycles. The van der Waals surface area contributed by atoms with Gasteiger partial charge in [-0.2, -0.15) is 8.61 Å². The first-order chi connectivity index (χ1) is 13.4. The molecule has 2 aromatic rings. The van der Waals surface area contributed by atoms with Crippen molar-refractivity contribution in [2.24, 2.45) is 0 Å². The molecule has 158 valence electrons. The highest BCUT2D eigenvalue weighted by Crippen LogP contribution is 2.31. The predicted octanol–water partition coefficient (Wildman–Crippen LogP) is 3.36. The van der Waals surface area contributed by atoms with Gasteiger partial charge >= 0.3 is 0 Å². The number of hydrogen-bond acceptors (Lipinski definition) is 4. The molecular weight excluding hydrogens is 469 g/mol. The normalized spacial score (nSPS) is 19.4. The monoisotopic (exact) mass is 484 g/mol. The Morgan fingerprint density at radius 1 is 0.862 bits per heavy atom. The molecule has 3 rings (SSSR count). The molecule has 0 radical (unpaired) electrons. The number of sulfonamides is 2. The lowest BCUT2D eigenvalue weighted by Crippen LogP contribution is -2.55. The highest BCUT2D eigenvalue weighted by atomic mass is 35.5. The maximum atomic E-state index is 13.5. The van der Waals surface area contributed by atoms with E-state index in [9.17, 15) is 25.6 Å². The Labute approximate surface area is 177 Å². The van der Waals surface area contributed by atoms with Gasteiger partial charge in [-0.1, -0.05) is 23.2 Å². The summed E-state index contributed by atoms with van der Waals surface area (Å²) in [4.78, 5) is -0.786. The molecule has 0 amide bonds. The van der Waals surface area contributed by atoms with E-state index in [1.165, 1.54) is 6.92 Å². The van der Waals surface area contributed by atoms with Crippen molar-refractivity contribution in [3.05, 3.63) is 58.1 Å². The van der Waals surface area contributed by atoms with Crippen molar-refractivity contribution >= 4 is 43.2 Å². The summed E-state index contributed by atoms with van der Waals surface area (Å²) in [6, 6.07) is 5.21. The van der Waals surface area contributed by atoms with Crippen molar-refractivity contribution in [3.8, 4) is 0 Å². The Bertz CT molecular complexity index is 1160. The summed E-state index contributed by atoms with van der Waals surface area (Å²) >= 11 is 11.9. The molecular formula is C17H16Cl2F2N2O4S2. The number of hydrogen-bond donors (Lipinski definition) is 0. The van der Waals surface area contributed by atoms with Crippen LogP contribution in [0.4, 0.5) is 8.78 Å². The lowest BCUT2D eigenvalue weighted by Gasteiger charge is -2.38. The minimum atomic E-state index is -4.16. The van der Waals surface area contributed by atoms with Crippen molar-refractivity contribution in [2.45, 2.75) is 22.8 Å². The first-order valence-electron chi connectivity index (χ1n) is 8.36. The molecule has 1 aliphatic heterocycles. The Morgan fingerprint density at radius 2 is 1.34 bits per heavy atom. The third kappa shape index (κ3) is 4.28. The Balaban J connectivity index is 1.89. The zero-order chi connectivity index (χ0) is 21.6. The van der Waals surface area contributed by atoms with Gasteiger partial charge in [0.2, 0.25) is 20.0 Å². The molecule has 29 heavy (non-hydrogen) atoms. The van der Waals surface area contributed by atoms with Gasteiger partial charge < -0.3 is 0 Å². The molecule has 1 heterocycles. The van der Waals surface area contributed by atoms with Crippen LogP contribution in [0.2, 0.25) is 10.0 Å². The smallest absolute Gasteiger partial charge is 0.207 e. The van der Waals surface area contributed by atoms with Gasteiger partial charge in [0.15, 0.2) is 0 Å². The van der Waals surface area contributed by atoms with Crippen LogP contribution < -0.4 is 0 Å². The SMILES string of the molecule is CC1CN(S(=O)(=O)c2cc(F)ccc2Cl)CCN1S(=O)(=O)c1cc(F)ccc1Cl. The van der Waals surface area contributed by atoms with E-state index >= 15 is 0 Å². The van der Waals surface area contributed by atoms with E-state index in [0.29, 0.717) is 0 Å². The third-order valence-electron chi connectivity index (χ3n) is 4.52. The fourth-order valence-corrected chi connectivity index (χ4v) is 7.20. The first-order valence-corrected chi connectivity index (χ1v) is 12.0. The summed E-state index contributed by atoms with van der Waals surface area (Å²) in [6.07, 6.45) is 0. The molecule has 1 saturated heterocycles. The molecule has 6 nitrogen and oxygen atoms in total. The minimum absolute atomic E-state index is 0.138. The highest BCUT2D eigenvalue weighted by Gasteiger charge is 2.39. The summed E-state index contributed by atoms with van der Waals surface area (Å²) < 4.78 is 80.8. The van der Waals surface area contributed by atoms with Crippen LogP contribution in [0.3, 0.4) is 0 Å². The van der Waals surface area contributed by atoms with E-state index in [2.05, 4.69) is 0 Å². The number of rotatable bonds is 4. The van der Waals surface area contributed by atoms with Crippen molar-refractivity contribution < 1.29 is 25.6 Å². The van der Waals surface area contributed by atoms with Crippen LogP contribution >= 0.6 is 23.2 Å². The average molecular weight is 485 g/mol. The third-order valence-corrected chi connectivity index (χ3v) is 9.36. The van der Waals surface area contributed by atoms with Gasteiger partial charge in [0.25, 0.3) is 0 Å². The second-order valence-electron chi connectivity index (χ2n) is 6.48. The maximum Gasteiger partial charge on any atom is 0.244 e. The van der Waals surface area contributed by atoms with Gasteiger partial charge in [-0.25, -0.2) is 25.6 Å². The molecule has 0 spiro atoms. The number of piperazine rings is 1. The molecule has 0 aromatic heterocycles. The van der Waals surface area contributed by atoms with Gasteiger partial charge in [0, 0.05) is 25.7 Å². The standard InChI is InChI=1S/C17H16Cl2F2N2O4S2/c1-11-10-22(28(24,25)16-8-12(20)2-4-14(16)18)6-7-23(11)29(26,27)17-9-13(21)3-5-15(17)19/h2-5,8-9,11H,6-7,10H2,1H3. The average Bonchev–Trinajstić information content (AvgIpc) is 2.65. The van der Waals surface area contributed by atoms with Crippen molar-refractivity contribution in [3.63, 3.8) is 0 Å². The van der Waals surface area contributed by atoms with E-state index < -0.39 is 47.5 Å². The van der Waals surface area contributed by atoms with Crippen molar-refractivity contribution in [1.29, 1.82) is 0 Å². The van der Waals surface area contributed by atoms with E-state index in [4.69, 9.17) is 23.2 Å². The van der Waals surface area contributed by atoms with E-state index in [1.807, 2.05) is 0 Å². The summed E-state index contributed by atoms with van der Waals surface area (Å²) in [7, 11) is -8.30. The summed E-state index contributed by atoms with van der Waals surface area (Å²) in [5.41, 5.74) is 0. The van der Waals surface area contributed by atoms with Crippen molar-refractivity contribution in [2.75, 3.05) is 19.6 Å². The molecule has 1 atom stereocenters. The number of benzene rings is 2. The largest absolute Gasteiger partial charge is 0.244 e. The highest BCUT2D eigenvalue weighted by molar-refractivity contribution is 7.89. The minimum Gasteiger partial charge on any atom is -0.207 e. The lowest BCUT2D eigenvalue weighted by molar-refractivity contribution is 0.212. The Hall–Kier alpha value is -1.30. The molecule has 2 aromatic carbocycles. The predicted molar refractivity (Wildman–Crippen MR) is 105 cm³/mol. The maximum absolute atomic E-state index is 13.5. The van der Waals surface area contributed by atoms with Crippen LogP contribution in [-0.2, 0) is 20.0 Å². The lowest BCUT2D eigenvalue weighted by atomic mass is 10.3. The molecule has 1 unspecified atom stereocenters. The van der Waals surface area contributed by atoms with Crippen LogP contribution in [0.1, 0.15) is 6.92 Å². The van der Waals surface area contributed by atoms with E-state index in [0.717, 1.165) is 45.0 Å². The van der Waals surface area contributed by atoms with Crippen LogP contribution in [0, 0.1) is 11.6 Å². The number of halogens is 4. The summed E-state index contributed by atoms with van der Waals surface area (Å²) in [5, 5.41) is -0.277. The molecule has 0 N–H and O–H groups in total. The van der Waals surface area contributed by atoms with Gasteiger partial charge in [0.1, 0.15) is 21.4 Å². The zero-order valence-electron chi connectivity index (χ0n) is 15.0. The zero-order valence-corrected chi connectivity index (χ0v) is 18.2. The van der Waals surface area contributed by atoms with Crippen LogP contribution in [0.5, 0.6) is 0 Å². The fraction of sp³-hybridized carbons (Fsp3) is 0.294. The fourth-order valence-electron chi connectivity index (χ4n) is 3.10. The Morgan fingerprint density at radius 3 is 1.83 bits per heavy atom. The van der Waals surface area contributed by atoms with E-state index in [-0.39, 0.29) is 29.7 Å². The Kier molecular flexibility index (Phi) is 6.24. The van der Waals surface area contributed by atoms with Gasteiger partial charge in [0.05, 0.1) is 10.0 Å². The summed E-state index contributed by atoms with van der Waals surface area (Å²) in [6.45, 7) is 0.940. The molecule has 1 fully saturated rings. The quantitative estimate of drug-likeness (QED) is 0.666. The van der Waals surface area contributed by atoms with Gasteiger partial charge in [-0.15, -0.1) is 0 Å². The van der Waals surface area contributed by atoms with Gasteiger partial charge in [-0.05, 0) is 43.3 Å². The number of nitrogens with zero attached hydrogens (tertiary/aromatic N) is 2. The van der Waals surface area contributed by atoms with Crippen LogP contribution in [0.15, 0.2) is 46.2 Å². The van der Waals surface area contributed by atoms with Crippen LogP contribution in [0.25, 0.3) is 0 Å². The van der Waals surface area contributed by atoms with Crippen molar-refractivity contribution in [1.82, 2.24) is 8.61 Å². The first kappa shape index (κ1) is 22.4. The summed E-state index contributed by atoms with van der Waals surface area (Å²) in [5.74, 6) is -1.52. The van der Waals surface area contributed by atoms with Crippen LogP contribution in [-0.4, -0.2) is 51.1 Å². The molecule has 0 bridgehead atoms. The molecule has 12 heteroatoms. The second kappa shape index (κ2) is 8.09. The van der Waals surface area contributed by atoms with Gasteiger partial charge in [-0.3, -0.25) is 0 Å². The second-order valence-corrected chi connectivity index (χ2v) is 11.1. The molecule has 1 aliphatic rings. The topological polar surface area (TPSA) is 74.8 Å². The molecule has 0 aliphatic carbocycles.